The van der Waals surface area contributed by atoms with Crippen LogP contribution >= 0.6 is 0 Å². The SMILES string of the molecule is COc1ccc2cc(C(=O)N3CCN(c4cccc(C(F)(F)F)c4)CC3)c(C)nc2c1. The van der Waals surface area contributed by atoms with Crippen LogP contribution in [0.25, 0.3) is 10.9 Å². The minimum Gasteiger partial charge on any atom is -0.497 e. The quantitative estimate of drug-likeness (QED) is 0.614. The Labute approximate surface area is 178 Å². The third kappa shape index (κ3) is 4.28. The predicted octanol–water partition coefficient (Wildman–Crippen LogP) is 4.53. The second kappa shape index (κ2) is 8.09. The number of rotatable bonds is 3. The van der Waals surface area contributed by atoms with Crippen molar-refractivity contribution >= 4 is 22.5 Å². The molecule has 2 aromatic carbocycles. The number of pyridine rings is 1. The van der Waals surface area contributed by atoms with E-state index in [2.05, 4.69) is 4.98 Å². The Balaban J connectivity index is 1.49. The van der Waals surface area contributed by atoms with E-state index in [0.717, 1.165) is 23.0 Å². The number of carbonyl (C=O) groups excluding carboxylic acids is 1. The van der Waals surface area contributed by atoms with Crippen molar-refractivity contribution in [3.63, 3.8) is 0 Å². The van der Waals surface area contributed by atoms with Crippen molar-refractivity contribution in [2.24, 2.45) is 0 Å². The highest BCUT2D eigenvalue weighted by Gasteiger charge is 2.31. The van der Waals surface area contributed by atoms with Crippen molar-refractivity contribution in [3.05, 3.63) is 65.4 Å². The number of hydrogen-bond acceptors (Lipinski definition) is 4. The minimum absolute atomic E-state index is 0.119. The maximum atomic E-state index is 13.1. The van der Waals surface area contributed by atoms with Crippen LogP contribution in [0.4, 0.5) is 18.9 Å². The molecule has 0 N–H and O–H groups in total. The molecule has 162 valence electrons. The van der Waals surface area contributed by atoms with Gasteiger partial charge in [-0.3, -0.25) is 9.78 Å². The van der Waals surface area contributed by atoms with Gasteiger partial charge in [0.15, 0.2) is 0 Å². The summed E-state index contributed by atoms with van der Waals surface area (Å²) in [5, 5.41) is 0.845. The Hall–Kier alpha value is -3.29. The molecule has 0 unspecified atom stereocenters. The summed E-state index contributed by atoms with van der Waals surface area (Å²) in [6.07, 6.45) is -4.38. The van der Waals surface area contributed by atoms with Gasteiger partial charge in [0.1, 0.15) is 5.75 Å². The summed E-state index contributed by atoms with van der Waals surface area (Å²) in [6.45, 7) is 3.57. The smallest absolute Gasteiger partial charge is 0.416 e. The molecule has 8 heteroatoms. The topological polar surface area (TPSA) is 45.7 Å². The van der Waals surface area contributed by atoms with E-state index in [0.29, 0.717) is 48.9 Å². The standard InChI is InChI=1S/C23H22F3N3O2/c1-15-20(12-16-6-7-19(31-2)14-21(16)27-15)22(30)29-10-8-28(9-11-29)18-5-3-4-17(13-18)23(24,25)26/h3-7,12-14H,8-11H2,1-2H3. The molecule has 0 radical (unpaired) electrons. The van der Waals surface area contributed by atoms with Gasteiger partial charge in [0.05, 0.1) is 29.4 Å². The Morgan fingerprint density at radius 3 is 2.45 bits per heavy atom. The zero-order valence-electron chi connectivity index (χ0n) is 17.2. The summed E-state index contributed by atoms with van der Waals surface area (Å²) in [6, 6.07) is 12.6. The number of halogens is 3. The molecule has 0 spiro atoms. The van der Waals surface area contributed by atoms with Gasteiger partial charge in [-0.2, -0.15) is 13.2 Å². The second-order valence-corrected chi connectivity index (χ2v) is 7.51. The van der Waals surface area contributed by atoms with Crippen molar-refractivity contribution < 1.29 is 22.7 Å². The van der Waals surface area contributed by atoms with Crippen LogP contribution in [0.2, 0.25) is 0 Å². The zero-order chi connectivity index (χ0) is 22.2. The van der Waals surface area contributed by atoms with Crippen LogP contribution in [0, 0.1) is 6.92 Å². The molecule has 3 aromatic rings. The van der Waals surface area contributed by atoms with Gasteiger partial charge in [-0.05, 0) is 43.3 Å². The van der Waals surface area contributed by atoms with Crippen LogP contribution < -0.4 is 9.64 Å². The number of anilines is 1. The van der Waals surface area contributed by atoms with Gasteiger partial charge in [-0.1, -0.05) is 6.07 Å². The van der Waals surface area contributed by atoms with Gasteiger partial charge < -0.3 is 14.5 Å². The molecule has 1 amide bonds. The highest BCUT2D eigenvalue weighted by Crippen LogP contribution is 2.32. The first-order valence-corrected chi connectivity index (χ1v) is 9.93. The van der Waals surface area contributed by atoms with Gasteiger partial charge in [0.2, 0.25) is 0 Å². The summed E-state index contributed by atoms with van der Waals surface area (Å²) >= 11 is 0. The zero-order valence-corrected chi connectivity index (χ0v) is 17.2. The number of ether oxygens (including phenoxy) is 1. The van der Waals surface area contributed by atoms with Crippen LogP contribution in [-0.2, 0) is 6.18 Å². The van der Waals surface area contributed by atoms with Crippen molar-refractivity contribution in [3.8, 4) is 5.75 Å². The molecule has 2 heterocycles. The van der Waals surface area contributed by atoms with Crippen molar-refractivity contribution in [2.75, 3.05) is 38.2 Å². The molecule has 0 bridgehead atoms. The molecule has 1 saturated heterocycles. The van der Waals surface area contributed by atoms with Gasteiger partial charge in [-0.25, -0.2) is 0 Å². The molecule has 4 rings (SSSR count). The third-order valence-corrected chi connectivity index (χ3v) is 5.55. The number of benzene rings is 2. The highest BCUT2D eigenvalue weighted by molar-refractivity contribution is 5.99. The lowest BCUT2D eigenvalue weighted by atomic mass is 10.1. The first-order valence-electron chi connectivity index (χ1n) is 9.93. The van der Waals surface area contributed by atoms with Gasteiger partial charge >= 0.3 is 6.18 Å². The summed E-state index contributed by atoms with van der Waals surface area (Å²) in [5.74, 6) is 0.579. The van der Waals surface area contributed by atoms with Gasteiger partial charge in [-0.15, -0.1) is 0 Å². The van der Waals surface area contributed by atoms with Crippen molar-refractivity contribution in [1.82, 2.24) is 9.88 Å². The van der Waals surface area contributed by atoms with Crippen LogP contribution in [0.1, 0.15) is 21.6 Å². The van der Waals surface area contributed by atoms with Crippen LogP contribution in [-0.4, -0.2) is 49.1 Å². The molecule has 1 aliphatic heterocycles. The average molecular weight is 429 g/mol. The maximum Gasteiger partial charge on any atom is 0.416 e. The molecular weight excluding hydrogens is 407 g/mol. The number of piperazine rings is 1. The van der Waals surface area contributed by atoms with Gasteiger partial charge in [0.25, 0.3) is 5.91 Å². The van der Waals surface area contributed by atoms with E-state index < -0.39 is 11.7 Å². The fraction of sp³-hybridized carbons (Fsp3) is 0.304. The summed E-state index contributed by atoms with van der Waals surface area (Å²) < 4.78 is 44.2. The molecule has 5 nitrogen and oxygen atoms in total. The van der Waals surface area contributed by atoms with E-state index in [1.165, 1.54) is 6.07 Å². The van der Waals surface area contributed by atoms with Crippen LogP contribution in [0.5, 0.6) is 5.75 Å². The number of methoxy groups -OCH3 is 1. The normalized spacial score (nSPS) is 14.7. The molecule has 1 fully saturated rings. The third-order valence-electron chi connectivity index (χ3n) is 5.55. The average Bonchev–Trinajstić information content (AvgIpc) is 2.77. The first-order chi connectivity index (χ1) is 14.8. The van der Waals surface area contributed by atoms with Gasteiger partial charge in [0, 0.05) is 43.3 Å². The number of aromatic nitrogens is 1. The van der Waals surface area contributed by atoms with Crippen molar-refractivity contribution in [1.29, 1.82) is 0 Å². The lowest BCUT2D eigenvalue weighted by Crippen LogP contribution is -2.49. The summed E-state index contributed by atoms with van der Waals surface area (Å²) in [4.78, 5) is 21.3. The lowest BCUT2D eigenvalue weighted by molar-refractivity contribution is -0.137. The fourth-order valence-corrected chi connectivity index (χ4v) is 3.80. The van der Waals surface area contributed by atoms with Crippen LogP contribution in [0.15, 0.2) is 48.5 Å². The molecule has 1 aromatic heterocycles. The fourth-order valence-electron chi connectivity index (χ4n) is 3.80. The molecule has 0 aliphatic carbocycles. The number of alkyl halides is 3. The van der Waals surface area contributed by atoms with Crippen molar-refractivity contribution in [2.45, 2.75) is 13.1 Å². The van der Waals surface area contributed by atoms with E-state index in [-0.39, 0.29) is 5.91 Å². The molecule has 0 atom stereocenters. The largest absolute Gasteiger partial charge is 0.497 e. The Kier molecular flexibility index (Phi) is 5.47. The second-order valence-electron chi connectivity index (χ2n) is 7.51. The summed E-state index contributed by atoms with van der Waals surface area (Å²) in [5.41, 5.74) is 1.76. The maximum absolute atomic E-state index is 13.1. The number of nitrogens with zero attached hydrogens (tertiary/aromatic N) is 3. The Bertz CT molecular complexity index is 1120. The monoisotopic (exact) mass is 429 g/mol. The minimum atomic E-state index is -4.38. The lowest BCUT2D eigenvalue weighted by Gasteiger charge is -2.36. The Morgan fingerprint density at radius 2 is 1.77 bits per heavy atom. The molecule has 0 saturated carbocycles. The summed E-state index contributed by atoms with van der Waals surface area (Å²) in [7, 11) is 1.59. The molecule has 1 aliphatic rings. The van der Waals surface area contributed by atoms with E-state index in [1.54, 1.807) is 25.0 Å². The number of carbonyl (C=O) groups is 1. The highest BCUT2D eigenvalue weighted by atomic mass is 19.4. The number of aryl methyl sites for hydroxylation is 1. The number of amides is 1. The Morgan fingerprint density at radius 1 is 1.03 bits per heavy atom. The number of hydrogen-bond donors (Lipinski definition) is 0. The molecular formula is C23H22F3N3O2. The number of fused-ring (bicyclic) bond motifs is 1. The van der Waals surface area contributed by atoms with Crippen LogP contribution in [0.3, 0.4) is 0 Å². The predicted molar refractivity (Wildman–Crippen MR) is 113 cm³/mol. The van der Waals surface area contributed by atoms with E-state index in [4.69, 9.17) is 4.74 Å². The molecule has 31 heavy (non-hydrogen) atoms. The van der Waals surface area contributed by atoms with E-state index in [9.17, 15) is 18.0 Å². The first kappa shape index (κ1) is 21.0. The van der Waals surface area contributed by atoms with E-state index >= 15 is 0 Å². The van der Waals surface area contributed by atoms with E-state index in [1.807, 2.05) is 29.2 Å².